The second kappa shape index (κ2) is 8.46. The Bertz CT molecular complexity index is 966. The molecule has 2 aromatic heterocycles. The largest absolute Gasteiger partial charge is 0.417 e. The summed E-state index contributed by atoms with van der Waals surface area (Å²) < 4.78 is 39.4. The molecule has 3 rings (SSSR count). The van der Waals surface area contributed by atoms with E-state index in [1.807, 2.05) is 30.3 Å². The molecule has 8 heteroatoms. The first-order valence-corrected chi connectivity index (χ1v) is 9.22. The molecule has 1 atom stereocenters. The highest BCUT2D eigenvalue weighted by molar-refractivity contribution is 5.95. The molecule has 0 aliphatic heterocycles. The molecule has 1 aromatic carbocycles. The fourth-order valence-corrected chi connectivity index (χ4v) is 3.08. The van der Waals surface area contributed by atoms with Gasteiger partial charge in [-0.1, -0.05) is 37.3 Å². The average molecular weight is 402 g/mol. The predicted molar refractivity (Wildman–Crippen MR) is 103 cm³/mol. The van der Waals surface area contributed by atoms with Gasteiger partial charge in [0.25, 0.3) is 5.91 Å². The first-order valence-electron chi connectivity index (χ1n) is 9.22. The lowest BCUT2D eigenvalue weighted by atomic mass is 9.96. The Labute approximate surface area is 166 Å². The highest BCUT2D eigenvalue weighted by Crippen LogP contribution is 2.28. The molecule has 1 amide bonds. The maximum atomic E-state index is 12.7. The minimum atomic E-state index is -4.45. The van der Waals surface area contributed by atoms with Crippen molar-refractivity contribution in [3.05, 3.63) is 77.2 Å². The number of carbonyl (C=O) groups excluding carboxylic acids is 1. The number of nitrogens with zero attached hydrogens (tertiary/aromatic N) is 3. The van der Waals surface area contributed by atoms with Gasteiger partial charge in [0.2, 0.25) is 0 Å². The molecule has 29 heavy (non-hydrogen) atoms. The zero-order valence-electron chi connectivity index (χ0n) is 16.1. The van der Waals surface area contributed by atoms with Crippen LogP contribution in [0.4, 0.5) is 13.2 Å². The molecule has 0 fully saturated rings. The Morgan fingerprint density at radius 2 is 1.86 bits per heavy atom. The van der Waals surface area contributed by atoms with Crippen molar-refractivity contribution in [2.75, 3.05) is 6.54 Å². The van der Waals surface area contributed by atoms with E-state index < -0.39 is 11.7 Å². The lowest BCUT2D eigenvalue weighted by molar-refractivity contribution is -0.137. The maximum Gasteiger partial charge on any atom is 0.417 e. The standard InChI is InChI=1S/C21H21F3N4O/c1-3-15(16-7-5-4-6-8-16)11-26-20(29)18-13-27-28(14(18)2)19-10-9-17(12-25-19)21(22,23)24/h4-10,12-13,15H,3,11H2,1-2H3,(H,26,29). The second-order valence-corrected chi connectivity index (χ2v) is 6.68. The van der Waals surface area contributed by atoms with Crippen LogP contribution in [0.1, 0.15) is 46.4 Å². The molecule has 3 aromatic rings. The number of nitrogens with one attached hydrogen (secondary N) is 1. The Morgan fingerprint density at radius 1 is 1.14 bits per heavy atom. The predicted octanol–water partition coefficient (Wildman–Crippen LogP) is 4.52. The molecular formula is C21H21F3N4O. The van der Waals surface area contributed by atoms with Crippen LogP contribution in [0.2, 0.25) is 0 Å². The zero-order valence-corrected chi connectivity index (χ0v) is 16.1. The number of pyridine rings is 1. The number of hydrogen-bond acceptors (Lipinski definition) is 3. The Morgan fingerprint density at radius 3 is 2.45 bits per heavy atom. The summed E-state index contributed by atoms with van der Waals surface area (Å²) in [4.78, 5) is 16.4. The maximum absolute atomic E-state index is 12.7. The molecule has 0 saturated carbocycles. The number of amides is 1. The number of carbonyl (C=O) groups is 1. The number of rotatable bonds is 6. The van der Waals surface area contributed by atoms with Crippen LogP contribution in [0, 0.1) is 6.92 Å². The van der Waals surface area contributed by atoms with E-state index in [4.69, 9.17) is 0 Å². The van der Waals surface area contributed by atoms with Gasteiger partial charge in [0, 0.05) is 18.7 Å². The summed E-state index contributed by atoms with van der Waals surface area (Å²) >= 11 is 0. The second-order valence-electron chi connectivity index (χ2n) is 6.68. The normalized spacial score (nSPS) is 12.6. The van der Waals surface area contributed by atoms with Gasteiger partial charge in [0.15, 0.2) is 5.82 Å². The highest BCUT2D eigenvalue weighted by atomic mass is 19.4. The molecule has 2 heterocycles. The Balaban J connectivity index is 1.72. The third-order valence-corrected chi connectivity index (χ3v) is 4.82. The van der Waals surface area contributed by atoms with Crippen LogP contribution in [0.25, 0.3) is 5.82 Å². The molecular weight excluding hydrogens is 381 g/mol. The fraction of sp³-hybridized carbons (Fsp3) is 0.286. The van der Waals surface area contributed by atoms with Crippen LogP contribution < -0.4 is 5.32 Å². The third-order valence-electron chi connectivity index (χ3n) is 4.82. The smallest absolute Gasteiger partial charge is 0.351 e. The van der Waals surface area contributed by atoms with Crippen molar-refractivity contribution in [1.82, 2.24) is 20.1 Å². The van der Waals surface area contributed by atoms with E-state index in [1.165, 1.54) is 16.9 Å². The third kappa shape index (κ3) is 4.64. The minimum Gasteiger partial charge on any atom is -0.351 e. The number of benzene rings is 1. The summed E-state index contributed by atoms with van der Waals surface area (Å²) in [5, 5.41) is 7.04. The lowest BCUT2D eigenvalue weighted by Crippen LogP contribution is -2.28. The summed E-state index contributed by atoms with van der Waals surface area (Å²) in [6.07, 6.45) is -1.43. The summed E-state index contributed by atoms with van der Waals surface area (Å²) in [5.74, 6) is 0.118. The number of aromatic nitrogens is 3. The number of hydrogen-bond donors (Lipinski definition) is 1. The zero-order chi connectivity index (χ0) is 21.0. The van der Waals surface area contributed by atoms with Gasteiger partial charge in [0.1, 0.15) is 0 Å². The van der Waals surface area contributed by atoms with Gasteiger partial charge in [0.05, 0.1) is 23.0 Å². The number of halogens is 3. The first-order chi connectivity index (χ1) is 13.8. The SMILES string of the molecule is CCC(CNC(=O)c1cnn(-c2ccc(C(F)(F)F)cn2)c1C)c1ccccc1. The molecule has 0 bridgehead atoms. The van der Waals surface area contributed by atoms with Crippen LogP contribution in [-0.4, -0.2) is 27.2 Å². The van der Waals surface area contributed by atoms with Crippen molar-refractivity contribution in [3.63, 3.8) is 0 Å². The van der Waals surface area contributed by atoms with Gasteiger partial charge in [-0.25, -0.2) is 9.67 Å². The van der Waals surface area contributed by atoms with E-state index in [0.29, 0.717) is 17.8 Å². The quantitative estimate of drug-likeness (QED) is 0.660. The van der Waals surface area contributed by atoms with E-state index in [0.717, 1.165) is 24.2 Å². The Kier molecular flexibility index (Phi) is 6.00. The van der Waals surface area contributed by atoms with Crippen LogP contribution in [0.3, 0.4) is 0 Å². The summed E-state index contributed by atoms with van der Waals surface area (Å²) in [6, 6.07) is 12.1. The van der Waals surface area contributed by atoms with Gasteiger partial charge < -0.3 is 5.32 Å². The molecule has 0 aliphatic rings. The van der Waals surface area contributed by atoms with Gasteiger partial charge in [-0.05, 0) is 31.0 Å². The summed E-state index contributed by atoms with van der Waals surface area (Å²) in [5.41, 5.74) is 1.17. The van der Waals surface area contributed by atoms with Gasteiger partial charge >= 0.3 is 6.18 Å². The van der Waals surface area contributed by atoms with Crippen molar-refractivity contribution < 1.29 is 18.0 Å². The topological polar surface area (TPSA) is 59.8 Å². The van der Waals surface area contributed by atoms with Crippen molar-refractivity contribution in [2.24, 2.45) is 0 Å². The molecule has 0 aliphatic carbocycles. The van der Waals surface area contributed by atoms with E-state index in [2.05, 4.69) is 22.3 Å². The molecule has 0 saturated heterocycles. The Hall–Kier alpha value is -3.16. The highest BCUT2D eigenvalue weighted by Gasteiger charge is 2.30. The molecule has 5 nitrogen and oxygen atoms in total. The van der Waals surface area contributed by atoms with Gasteiger partial charge in [-0.15, -0.1) is 0 Å². The van der Waals surface area contributed by atoms with E-state index in [1.54, 1.807) is 6.92 Å². The molecule has 152 valence electrons. The van der Waals surface area contributed by atoms with Gasteiger partial charge in [-0.3, -0.25) is 4.79 Å². The van der Waals surface area contributed by atoms with E-state index in [-0.39, 0.29) is 17.6 Å². The van der Waals surface area contributed by atoms with Crippen molar-refractivity contribution in [1.29, 1.82) is 0 Å². The summed E-state index contributed by atoms with van der Waals surface area (Å²) in [7, 11) is 0. The van der Waals surface area contributed by atoms with Crippen LogP contribution in [-0.2, 0) is 6.18 Å². The van der Waals surface area contributed by atoms with Gasteiger partial charge in [-0.2, -0.15) is 18.3 Å². The number of alkyl halides is 3. The van der Waals surface area contributed by atoms with E-state index in [9.17, 15) is 18.0 Å². The molecule has 0 radical (unpaired) electrons. The van der Waals surface area contributed by atoms with Crippen LogP contribution in [0.15, 0.2) is 54.9 Å². The van der Waals surface area contributed by atoms with Crippen LogP contribution >= 0.6 is 0 Å². The fourth-order valence-electron chi connectivity index (χ4n) is 3.08. The van der Waals surface area contributed by atoms with Crippen molar-refractivity contribution in [2.45, 2.75) is 32.4 Å². The van der Waals surface area contributed by atoms with Crippen LogP contribution in [0.5, 0.6) is 0 Å². The average Bonchev–Trinajstić information content (AvgIpc) is 3.10. The minimum absolute atomic E-state index is 0.187. The monoisotopic (exact) mass is 402 g/mol. The molecule has 1 unspecified atom stereocenters. The van der Waals surface area contributed by atoms with E-state index >= 15 is 0 Å². The van der Waals surface area contributed by atoms with Crippen molar-refractivity contribution >= 4 is 5.91 Å². The van der Waals surface area contributed by atoms with Crippen molar-refractivity contribution in [3.8, 4) is 5.82 Å². The molecule has 1 N–H and O–H groups in total. The first kappa shape index (κ1) is 20.6. The molecule has 0 spiro atoms. The lowest BCUT2D eigenvalue weighted by Gasteiger charge is -2.16. The summed E-state index contributed by atoms with van der Waals surface area (Å²) in [6.45, 7) is 4.21.